The van der Waals surface area contributed by atoms with Crippen LogP contribution in [0.2, 0.25) is 0 Å². The zero-order valence-electron chi connectivity index (χ0n) is 9.16. The molecule has 0 bridgehead atoms. The van der Waals surface area contributed by atoms with Crippen molar-refractivity contribution in [1.29, 1.82) is 0 Å². The molecule has 0 amide bonds. The summed E-state index contributed by atoms with van der Waals surface area (Å²) in [5.74, 6) is 0. The first-order valence-electron chi connectivity index (χ1n) is 5.04. The lowest BCUT2D eigenvalue weighted by Gasteiger charge is -2.11. The molecular formula is C11H15N3O. The lowest BCUT2D eigenvalue weighted by molar-refractivity contribution is 0.877. The number of hydrogen-bond donors (Lipinski definition) is 2. The van der Waals surface area contributed by atoms with Crippen LogP contribution < -0.4 is 11.0 Å². The van der Waals surface area contributed by atoms with Crippen LogP contribution >= 0.6 is 0 Å². The van der Waals surface area contributed by atoms with Crippen LogP contribution in [0.1, 0.15) is 13.8 Å². The van der Waals surface area contributed by atoms with Crippen molar-refractivity contribution >= 4 is 16.7 Å². The Balaban J connectivity index is 2.69. The molecule has 80 valence electrons. The minimum Gasteiger partial charge on any atom is -0.381 e. The predicted molar refractivity (Wildman–Crippen MR) is 62.3 cm³/mol. The standard InChI is InChI=1S/C11H15N3O/c1-7(2)12-8-5-4-6-9-10(8)14(3)11(15)13-9/h4-7,12H,1-3H3,(H,13,15). The van der Waals surface area contributed by atoms with Crippen LogP contribution in [0, 0.1) is 0 Å². The Morgan fingerprint density at radius 1 is 1.40 bits per heavy atom. The second kappa shape index (κ2) is 3.46. The average molecular weight is 205 g/mol. The van der Waals surface area contributed by atoms with E-state index in [4.69, 9.17) is 0 Å². The van der Waals surface area contributed by atoms with Crippen molar-refractivity contribution in [2.75, 3.05) is 5.32 Å². The summed E-state index contributed by atoms with van der Waals surface area (Å²) >= 11 is 0. The van der Waals surface area contributed by atoms with E-state index in [0.717, 1.165) is 16.7 Å². The lowest BCUT2D eigenvalue weighted by atomic mass is 10.2. The number of nitrogens with one attached hydrogen (secondary N) is 2. The van der Waals surface area contributed by atoms with Gasteiger partial charge in [-0.1, -0.05) is 6.07 Å². The maximum absolute atomic E-state index is 11.5. The summed E-state index contributed by atoms with van der Waals surface area (Å²) in [6, 6.07) is 6.17. The number of para-hydroxylation sites is 1. The third kappa shape index (κ3) is 1.63. The van der Waals surface area contributed by atoms with Crippen molar-refractivity contribution in [2.24, 2.45) is 7.05 Å². The molecule has 1 aromatic carbocycles. The molecule has 2 N–H and O–H groups in total. The van der Waals surface area contributed by atoms with Gasteiger partial charge in [-0.05, 0) is 26.0 Å². The van der Waals surface area contributed by atoms with Gasteiger partial charge in [0.1, 0.15) is 0 Å². The Bertz CT molecular complexity index is 536. The summed E-state index contributed by atoms with van der Waals surface area (Å²) in [7, 11) is 1.77. The minimum absolute atomic E-state index is 0.0805. The topological polar surface area (TPSA) is 49.8 Å². The van der Waals surface area contributed by atoms with Crippen molar-refractivity contribution < 1.29 is 0 Å². The molecule has 0 unspecified atom stereocenters. The summed E-state index contributed by atoms with van der Waals surface area (Å²) in [4.78, 5) is 14.3. The van der Waals surface area contributed by atoms with E-state index in [1.165, 1.54) is 0 Å². The summed E-state index contributed by atoms with van der Waals surface area (Å²) in [5, 5.41) is 3.32. The second-order valence-electron chi connectivity index (χ2n) is 3.99. The highest BCUT2D eigenvalue weighted by Crippen LogP contribution is 2.20. The van der Waals surface area contributed by atoms with Gasteiger partial charge in [-0.3, -0.25) is 4.57 Å². The molecule has 2 rings (SSSR count). The van der Waals surface area contributed by atoms with E-state index in [9.17, 15) is 4.79 Å². The summed E-state index contributed by atoms with van der Waals surface area (Å²) < 4.78 is 1.63. The maximum atomic E-state index is 11.5. The number of aromatic amines is 1. The number of imidazole rings is 1. The highest BCUT2D eigenvalue weighted by atomic mass is 16.1. The molecule has 0 fully saturated rings. The van der Waals surface area contributed by atoms with Gasteiger partial charge in [-0.25, -0.2) is 4.79 Å². The molecule has 0 saturated heterocycles. The van der Waals surface area contributed by atoms with Crippen LogP contribution in [-0.4, -0.2) is 15.6 Å². The summed E-state index contributed by atoms with van der Waals surface area (Å²) in [6.07, 6.45) is 0. The number of nitrogens with zero attached hydrogens (tertiary/aromatic N) is 1. The molecule has 1 aromatic heterocycles. The number of hydrogen-bond acceptors (Lipinski definition) is 2. The van der Waals surface area contributed by atoms with Gasteiger partial charge in [0.2, 0.25) is 0 Å². The molecule has 0 spiro atoms. The van der Waals surface area contributed by atoms with Gasteiger partial charge in [0.05, 0.1) is 16.7 Å². The van der Waals surface area contributed by atoms with E-state index < -0.39 is 0 Å². The van der Waals surface area contributed by atoms with Gasteiger partial charge < -0.3 is 10.3 Å². The molecule has 0 saturated carbocycles. The van der Waals surface area contributed by atoms with Crippen LogP contribution in [0.4, 0.5) is 5.69 Å². The van der Waals surface area contributed by atoms with Crippen LogP contribution in [0.15, 0.2) is 23.0 Å². The van der Waals surface area contributed by atoms with E-state index in [2.05, 4.69) is 24.1 Å². The van der Waals surface area contributed by atoms with Gasteiger partial charge >= 0.3 is 5.69 Å². The Morgan fingerprint density at radius 3 is 2.80 bits per heavy atom. The molecule has 15 heavy (non-hydrogen) atoms. The highest BCUT2D eigenvalue weighted by Gasteiger charge is 2.07. The van der Waals surface area contributed by atoms with Gasteiger partial charge in [0.15, 0.2) is 0 Å². The number of anilines is 1. The van der Waals surface area contributed by atoms with E-state index >= 15 is 0 Å². The summed E-state index contributed by atoms with van der Waals surface area (Å²) in [5.41, 5.74) is 2.70. The molecule has 0 atom stereocenters. The number of benzene rings is 1. The number of rotatable bonds is 2. The fourth-order valence-electron chi connectivity index (χ4n) is 1.73. The molecule has 4 nitrogen and oxygen atoms in total. The minimum atomic E-state index is -0.0805. The van der Waals surface area contributed by atoms with E-state index in [1.807, 2.05) is 18.2 Å². The Morgan fingerprint density at radius 2 is 2.13 bits per heavy atom. The van der Waals surface area contributed by atoms with E-state index in [-0.39, 0.29) is 5.69 Å². The van der Waals surface area contributed by atoms with Crippen LogP contribution in [-0.2, 0) is 7.05 Å². The Hall–Kier alpha value is -1.71. The third-order valence-corrected chi connectivity index (χ3v) is 2.36. The molecule has 0 aliphatic carbocycles. The Labute approximate surface area is 87.9 Å². The first-order valence-corrected chi connectivity index (χ1v) is 5.04. The monoisotopic (exact) mass is 205 g/mol. The molecule has 0 radical (unpaired) electrons. The van der Waals surface area contributed by atoms with Crippen molar-refractivity contribution in [3.05, 3.63) is 28.7 Å². The molecule has 0 aliphatic heterocycles. The molecule has 2 aromatic rings. The fourth-order valence-corrected chi connectivity index (χ4v) is 1.73. The van der Waals surface area contributed by atoms with Crippen molar-refractivity contribution in [3.63, 3.8) is 0 Å². The van der Waals surface area contributed by atoms with E-state index in [1.54, 1.807) is 11.6 Å². The number of fused-ring (bicyclic) bond motifs is 1. The molecule has 1 heterocycles. The maximum Gasteiger partial charge on any atom is 0.326 e. The van der Waals surface area contributed by atoms with Crippen LogP contribution in [0.3, 0.4) is 0 Å². The SMILES string of the molecule is CC(C)Nc1cccc2[nH]c(=O)n(C)c12. The molecule has 0 aliphatic rings. The quantitative estimate of drug-likeness (QED) is 0.783. The lowest BCUT2D eigenvalue weighted by Crippen LogP contribution is -2.14. The number of aromatic nitrogens is 2. The van der Waals surface area contributed by atoms with Crippen molar-refractivity contribution in [2.45, 2.75) is 19.9 Å². The average Bonchev–Trinajstić information content (AvgIpc) is 2.43. The van der Waals surface area contributed by atoms with Crippen LogP contribution in [0.5, 0.6) is 0 Å². The van der Waals surface area contributed by atoms with E-state index in [0.29, 0.717) is 6.04 Å². The van der Waals surface area contributed by atoms with Gasteiger partial charge in [0, 0.05) is 13.1 Å². The summed E-state index contributed by atoms with van der Waals surface area (Å²) in [6.45, 7) is 4.15. The van der Waals surface area contributed by atoms with Gasteiger partial charge in [-0.2, -0.15) is 0 Å². The molecular weight excluding hydrogens is 190 g/mol. The first-order chi connectivity index (χ1) is 7.09. The van der Waals surface area contributed by atoms with Crippen molar-refractivity contribution in [3.8, 4) is 0 Å². The zero-order valence-corrected chi connectivity index (χ0v) is 9.16. The smallest absolute Gasteiger partial charge is 0.326 e. The largest absolute Gasteiger partial charge is 0.381 e. The Kier molecular flexibility index (Phi) is 2.26. The van der Waals surface area contributed by atoms with Crippen molar-refractivity contribution in [1.82, 2.24) is 9.55 Å². The van der Waals surface area contributed by atoms with Gasteiger partial charge in [0.25, 0.3) is 0 Å². The normalized spacial score (nSPS) is 11.2. The van der Waals surface area contributed by atoms with Crippen LogP contribution in [0.25, 0.3) is 11.0 Å². The highest BCUT2D eigenvalue weighted by molar-refractivity contribution is 5.88. The third-order valence-electron chi connectivity index (χ3n) is 2.36. The zero-order chi connectivity index (χ0) is 11.0. The first kappa shape index (κ1) is 9.83. The number of H-pyrrole nitrogens is 1. The molecule has 4 heteroatoms. The van der Waals surface area contributed by atoms with Gasteiger partial charge in [-0.15, -0.1) is 0 Å². The number of aryl methyl sites for hydroxylation is 1. The predicted octanol–water partition coefficient (Wildman–Crippen LogP) is 1.69. The fraction of sp³-hybridized carbons (Fsp3) is 0.364. The second-order valence-corrected chi connectivity index (χ2v) is 3.99.